The number of rotatable bonds is 3. The highest BCUT2D eigenvalue weighted by molar-refractivity contribution is 5.94. The van der Waals surface area contributed by atoms with Gasteiger partial charge in [-0.05, 0) is 45.7 Å². The molecule has 4 rings (SSSR count). The van der Waals surface area contributed by atoms with E-state index in [0.29, 0.717) is 35.6 Å². The maximum Gasteiger partial charge on any atom is 0.263 e. The summed E-state index contributed by atoms with van der Waals surface area (Å²) in [5.74, 6) is 0.459. The minimum absolute atomic E-state index is 0.0212. The van der Waals surface area contributed by atoms with Crippen molar-refractivity contribution in [3.05, 3.63) is 46.6 Å². The summed E-state index contributed by atoms with van der Waals surface area (Å²) in [6.07, 6.45) is 6.36. The van der Waals surface area contributed by atoms with Crippen LogP contribution in [-0.4, -0.2) is 54.7 Å². The van der Waals surface area contributed by atoms with Crippen LogP contribution in [-0.2, 0) is 5.54 Å². The second kappa shape index (κ2) is 7.31. The van der Waals surface area contributed by atoms with E-state index in [-0.39, 0.29) is 23.0 Å². The molecule has 0 saturated carbocycles. The number of fused-ring (bicyclic) bond motifs is 1. The smallest absolute Gasteiger partial charge is 0.263 e. The van der Waals surface area contributed by atoms with Crippen molar-refractivity contribution >= 4 is 22.9 Å². The van der Waals surface area contributed by atoms with Gasteiger partial charge in [0.15, 0.2) is 5.65 Å². The molecule has 0 atom stereocenters. The first-order valence-corrected chi connectivity index (χ1v) is 9.77. The van der Waals surface area contributed by atoms with E-state index in [0.717, 1.165) is 12.8 Å². The quantitative estimate of drug-likeness (QED) is 0.702. The highest BCUT2D eigenvalue weighted by Crippen LogP contribution is 2.20. The first kappa shape index (κ1) is 19.1. The second-order valence-corrected chi connectivity index (χ2v) is 8.33. The summed E-state index contributed by atoms with van der Waals surface area (Å²) in [7, 11) is 0. The molecule has 9 heteroatoms. The molecule has 1 aliphatic heterocycles. The lowest BCUT2D eigenvalue weighted by Crippen LogP contribution is -2.42. The number of hydrogen-bond donors (Lipinski definition) is 2. The van der Waals surface area contributed by atoms with E-state index in [4.69, 9.17) is 0 Å². The lowest BCUT2D eigenvalue weighted by Gasteiger charge is -2.32. The maximum absolute atomic E-state index is 12.6. The van der Waals surface area contributed by atoms with Crippen molar-refractivity contribution in [3.63, 3.8) is 0 Å². The highest BCUT2D eigenvalue weighted by atomic mass is 16.2. The van der Waals surface area contributed by atoms with Gasteiger partial charge in [-0.3, -0.25) is 19.6 Å². The van der Waals surface area contributed by atoms with Crippen molar-refractivity contribution in [2.24, 2.45) is 0 Å². The van der Waals surface area contributed by atoms with Crippen molar-refractivity contribution in [3.8, 4) is 0 Å². The predicted molar refractivity (Wildman–Crippen MR) is 110 cm³/mol. The Morgan fingerprint density at radius 3 is 2.55 bits per heavy atom. The summed E-state index contributed by atoms with van der Waals surface area (Å²) in [6, 6.07) is 3.59. The van der Waals surface area contributed by atoms with Crippen LogP contribution in [0.3, 0.4) is 0 Å². The van der Waals surface area contributed by atoms with Gasteiger partial charge in [-0.1, -0.05) is 0 Å². The lowest BCUT2D eigenvalue weighted by molar-refractivity contribution is 0.0718. The lowest BCUT2D eigenvalue weighted by atomic mass is 10.0. The summed E-state index contributed by atoms with van der Waals surface area (Å²) in [5.41, 5.74) is 0.726. The number of hydrogen-bond acceptors (Lipinski definition) is 6. The molecule has 3 aromatic heterocycles. The van der Waals surface area contributed by atoms with Gasteiger partial charge in [0.2, 0.25) is 5.95 Å². The molecule has 1 aliphatic rings. The normalized spacial score (nSPS) is 15.6. The van der Waals surface area contributed by atoms with Gasteiger partial charge in [0, 0.05) is 37.1 Å². The van der Waals surface area contributed by atoms with Gasteiger partial charge in [0.1, 0.15) is 5.39 Å². The Morgan fingerprint density at radius 1 is 1.21 bits per heavy atom. The molecule has 29 heavy (non-hydrogen) atoms. The summed E-state index contributed by atoms with van der Waals surface area (Å²) in [4.78, 5) is 38.2. The molecule has 0 aliphatic carbocycles. The van der Waals surface area contributed by atoms with Gasteiger partial charge < -0.3 is 10.2 Å². The molecule has 152 valence electrons. The van der Waals surface area contributed by atoms with Crippen molar-refractivity contribution in [1.29, 1.82) is 0 Å². The van der Waals surface area contributed by atoms with E-state index >= 15 is 0 Å². The number of aromatic nitrogens is 5. The van der Waals surface area contributed by atoms with Crippen LogP contribution >= 0.6 is 0 Å². The molecule has 0 unspecified atom stereocenters. The number of nitrogens with one attached hydrogen (secondary N) is 2. The Kier molecular flexibility index (Phi) is 4.81. The van der Waals surface area contributed by atoms with Gasteiger partial charge in [0.25, 0.3) is 11.5 Å². The van der Waals surface area contributed by atoms with E-state index in [1.807, 2.05) is 25.7 Å². The Morgan fingerprint density at radius 2 is 1.90 bits per heavy atom. The number of nitrogens with zero attached hydrogens (tertiary/aromatic N) is 5. The fraction of sp³-hybridized carbons (Fsp3) is 0.450. The van der Waals surface area contributed by atoms with Crippen LogP contribution in [0.1, 0.15) is 44.0 Å². The zero-order valence-electron chi connectivity index (χ0n) is 16.8. The summed E-state index contributed by atoms with van der Waals surface area (Å²) in [6.45, 7) is 7.34. The van der Waals surface area contributed by atoms with Crippen molar-refractivity contribution in [2.75, 3.05) is 18.4 Å². The molecule has 3 aromatic rings. The number of aromatic amines is 1. The molecule has 0 spiro atoms. The molecule has 0 aromatic carbocycles. The third-order valence-electron chi connectivity index (χ3n) is 5.12. The van der Waals surface area contributed by atoms with Crippen LogP contribution in [0.4, 0.5) is 5.95 Å². The summed E-state index contributed by atoms with van der Waals surface area (Å²) >= 11 is 0. The number of piperidine rings is 1. The molecule has 4 heterocycles. The standard InChI is InChI=1S/C20H25N7O2/c1-20(2,3)27-16-15(12-22-27)17(28)25-19(24-16)23-14-6-10-26(11-7-14)18(29)13-4-8-21-9-5-13/h4-5,8-9,12,14H,6-7,10-11H2,1-3H3,(H2,23,24,25,28). The average Bonchev–Trinajstić information content (AvgIpc) is 3.14. The minimum Gasteiger partial charge on any atom is -0.353 e. The molecule has 2 N–H and O–H groups in total. The van der Waals surface area contributed by atoms with Gasteiger partial charge in [-0.2, -0.15) is 10.1 Å². The Hall–Kier alpha value is -3.23. The zero-order chi connectivity index (χ0) is 20.6. The molecule has 9 nitrogen and oxygen atoms in total. The third-order valence-corrected chi connectivity index (χ3v) is 5.12. The summed E-state index contributed by atoms with van der Waals surface area (Å²) < 4.78 is 1.76. The van der Waals surface area contributed by atoms with Crippen LogP contribution in [0.25, 0.3) is 11.0 Å². The average molecular weight is 395 g/mol. The van der Waals surface area contributed by atoms with Crippen LogP contribution < -0.4 is 10.9 Å². The number of anilines is 1. The minimum atomic E-state index is -0.279. The highest BCUT2D eigenvalue weighted by Gasteiger charge is 2.25. The van der Waals surface area contributed by atoms with Crippen LogP contribution in [0, 0.1) is 0 Å². The number of carbonyl (C=O) groups is 1. The number of carbonyl (C=O) groups excluding carboxylic acids is 1. The molecular formula is C20H25N7O2. The van der Waals surface area contributed by atoms with Crippen molar-refractivity contribution in [1.82, 2.24) is 29.6 Å². The monoisotopic (exact) mass is 395 g/mol. The van der Waals surface area contributed by atoms with Gasteiger partial charge >= 0.3 is 0 Å². The van der Waals surface area contributed by atoms with E-state index in [2.05, 4.69) is 25.4 Å². The second-order valence-electron chi connectivity index (χ2n) is 8.33. The van der Waals surface area contributed by atoms with E-state index in [1.165, 1.54) is 0 Å². The first-order valence-electron chi connectivity index (χ1n) is 9.77. The van der Waals surface area contributed by atoms with Crippen LogP contribution in [0.5, 0.6) is 0 Å². The van der Waals surface area contributed by atoms with E-state index in [9.17, 15) is 9.59 Å². The number of pyridine rings is 1. The SMILES string of the molecule is CC(C)(C)n1ncc2c(=O)[nH]c(NC3CCN(C(=O)c4ccncc4)CC3)nc21. The van der Waals surface area contributed by atoms with E-state index in [1.54, 1.807) is 35.4 Å². The molecule has 1 amide bonds. The van der Waals surface area contributed by atoms with Crippen molar-refractivity contribution in [2.45, 2.75) is 45.2 Å². The van der Waals surface area contributed by atoms with Crippen LogP contribution in [0.15, 0.2) is 35.5 Å². The predicted octanol–water partition coefficient (Wildman–Crippen LogP) is 1.99. The maximum atomic E-state index is 12.6. The topological polar surface area (TPSA) is 109 Å². The van der Waals surface area contributed by atoms with E-state index < -0.39 is 0 Å². The zero-order valence-corrected chi connectivity index (χ0v) is 16.8. The Bertz CT molecular complexity index is 1070. The fourth-order valence-electron chi connectivity index (χ4n) is 3.58. The molecule has 1 fully saturated rings. The number of amides is 1. The Labute approximate surface area is 168 Å². The number of likely N-dealkylation sites (tertiary alicyclic amines) is 1. The molecule has 0 radical (unpaired) electrons. The molecule has 0 bridgehead atoms. The Balaban J connectivity index is 1.46. The third kappa shape index (κ3) is 3.85. The van der Waals surface area contributed by atoms with Crippen LogP contribution in [0.2, 0.25) is 0 Å². The molecule has 1 saturated heterocycles. The van der Waals surface area contributed by atoms with Gasteiger partial charge in [0.05, 0.1) is 11.7 Å². The van der Waals surface area contributed by atoms with Gasteiger partial charge in [-0.15, -0.1) is 0 Å². The van der Waals surface area contributed by atoms with Crippen molar-refractivity contribution < 1.29 is 4.79 Å². The molecular weight excluding hydrogens is 370 g/mol. The largest absolute Gasteiger partial charge is 0.353 e. The fourth-order valence-corrected chi connectivity index (χ4v) is 3.58. The van der Waals surface area contributed by atoms with Gasteiger partial charge in [-0.25, -0.2) is 4.68 Å². The number of H-pyrrole nitrogens is 1. The summed E-state index contributed by atoms with van der Waals surface area (Å²) in [5, 5.41) is 8.13. The first-order chi connectivity index (χ1) is 13.8.